The van der Waals surface area contributed by atoms with E-state index in [4.69, 9.17) is 11.6 Å². The molecule has 0 bridgehead atoms. The van der Waals surface area contributed by atoms with Crippen molar-refractivity contribution in [2.45, 2.75) is 19.9 Å². The lowest BCUT2D eigenvalue weighted by molar-refractivity contribution is -0.595. The van der Waals surface area contributed by atoms with Crippen LogP contribution >= 0.6 is 11.6 Å². The Bertz CT molecular complexity index is 437. The molecule has 2 nitrogen and oxygen atoms in total. The normalized spacial score (nSPS) is 9.88. The van der Waals surface area contributed by atoms with Gasteiger partial charge in [-0.2, -0.15) is 0 Å². The van der Waals surface area contributed by atoms with Gasteiger partial charge in [-0.15, -0.1) is 0 Å². The number of nitrogens with zero attached hydrogens (tertiary/aromatic N) is 2. The van der Waals surface area contributed by atoms with Crippen molar-refractivity contribution in [3.8, 4) is 5.69 Å². The Balaban J connectivity index is 0.00000128. The summed E-state index contributed by atoms with van der Waals surface area (Å²) in [5.74, 6) is 0. The summed E-state index contributed by atoms with van der Waals surface area (Å²) < 4.78 is 4.26. The fraction of sp³-hybridized carbons (Fsp3) is 0.250. The zero-order valence-electron chi connectivity index (χ0n) is 9.11. The standard InChI is InChI=1S/C12H14ClN2.BrH/c1-2-7-14-8-9-15(10-14)12-5-3-11(13)4-6-12;/h3-6,8-10H,2,7H2,1H3;1H/q+1;/p-1. The number of imidazole rings is 1. The summed E-state index contributed by atoms with van der Waals surface area (Å²) in [5, 5.41) is 0.771. The van der Waals surface area contributed by atoms with Crippen LogP contribution in [0.4, 0.5) is 0 Å². The first kappa shape index (κ1) is 13.3. The van der Waals surface area contributed by atoms with Crippen molar-refractivity contribution in [3.05, 3.63) is 48.0 Å². The summed E-state index contributed by atoms with van der Waals surface area (Å²) in [5.41, 5.74) is 1.13. The lowest BCUT2D eigenvalue weighted by Crippen LogP contribution is -3.00. The minimum Gasteiger partial charge on any atom is -1.00 e. The van der Waals surface area contributed by atoms with Crippen LogP contribution in [0.5, 0.6) is 0 Å². The molecule has 1 aromatic carbocycles. The Kier molecular flexibility index (Phi) is 5.03. The zero-order chi connectivity index (χ0) is 10.7. The number of benzene rings is 1. The summed E-state index contributed by atoms with van der Waals surface area (Å²) in [6, 6.07) is 7.83. The molecule has 0 aliphatic carbocycles. The molecule has 0 amide bonds. The van der Waals surface area contributed by atoms with Gasteiger partial charge in [-0.05, 0) is 30.7 Å². The highest BCUT2D eigenvalue weighted by molar-refractivity contribution is 6.30. The second-order valence-electron chi connectivity index (χ2n) is 3.54. The lowest BCUT2D eigenvalue weighted by Gasteiger charge is -1.95. The third-order valence-corrected chi connectivity index (χ3v) is 2.55. The molecule has 0 aliphatic rings. The van der Waals surface area contributed by atoms with Gasteiger partial charge in [0.1, 0.15) is 18.1 Å². The van der Waals surface area contributed by atoms with E-state index in [1.165, 1.54) is 0 Å². The highest BCUT2D eigenvalue weighted by Gasteiger charge is 2.04. The van der Waals surface area contributed by atoms with Crippen LogP contribution in [0.1, 0.15) is 13.3 Å². The van der Waals surface area contributed by atoms with Crippen molar-refractivity contribution < 1.29 is 21.5 Å². The fourth-order valence-electron chi connectivity index (χ4n) is 1.55. The molecule has 1 heterocycles. The van der Waals surface area contributed by atoms with Crippen molar-refractivity contribution in [3.63, 3.8) is 0 Å². The number of aromatic nitrogens is 2. The lowest BCUT2D eigenvalue weighted by atomic mass is 10.3. The van der Waals surface area contributed by atoms with Crippen LogP contribution < -0.4 is 21.5 Å². The van der Waals surface area contributed by atoms with E-state index >= 15 is 0 Å². The zero-order valence-corrected chi connectivity index (χ0v) is 11.4. The van der Waals surface area contributed by atoms with E-state index in [0.717, 1.165) is 23.7 Å². The fourth-order valence-corrected chi connectivity index (χ4v) is 1.68. The van der Waals surface area contributed by atoms with Gasteiger partial charge in [0.05, 0.1) is 6.54 Å². The Labute approximate surface area is 111 Å². The van der Waals surface area contributed by atoms with Crippen LogP contribution in [0, 0.1) is 0 Å². The number of hydrogen-bond acceptors (Lipinski definition) is 0. The third-order valence-electron chi connectivity index (χ3n) is 2.30. The van der Waals surface area contributed by atoms with Gasteiger partial charge in [0.2, 0.25) is 6.33 Å². The van der Waals surface area contributed by atoms with E-state index in [9.17, 15) is 0 Å². The molecule has 0 fully saturated rings. The molecule has 0 aliphatic heterocycles. The maximum absolute atomic E-state index is 5.84. The topological polar surface area (TPSA) is 8.81 Å². The molecule has 2 rings (SSSR count). The number of aryl methyl sites for hydroxylation is 1. The first-order valence-electron chi connectivity index (χ1n) is 5.12. The van der Waals surface area contributed by atoms with Crippen LogP contribution in [0.15, 0.2) is 43.0 Å². The molecule has 16 heavy (non-hydrogen) atoms. The van der Waals surface area contributed by atoms with E-state index in [2.05, 4.69) is 34.8 Å². The van der Waals surface area contributed by atoms with Crippen molar-refractivity contribution >= 4 is 11.6 Å². The highest BCUT2D eigenvalue weighted by Crippen LogP contribution is 2.09. The van der Waals surface area contributed by atoms with E-state index in [1.54, 1.807) is 0 Å². The summed E-state index contributed by atoms with van der Waals surface area (Å²) in [4.78, 5) is 0. The van der Waals surface area contributed by atoms with E-state index in [1.807, 2.05) is 24.3 Å². The van der Waals surface area contributed by atoms with Crippen LogP contribution in [0.2, 0.25) is 5.02 Å². The van der Waals surface area contributed by atoms with Crippen LogP contribution in [-0.2, 0) is 6.54 Å². The molecule has 0 N–H and O–H groups in total. The Morgan fingerprint density at radius 1 is 1.25 bits per heavy atom. The Hall–Kier alpha value is -0.800. The minimum absolute atomic E-state index is 0. The van der Waals surface area contributed by atoms with Gasteiger partial charge in [-0.3, -0.25) is 0 Å². The Morgan fingerprint density at radius 2 is 1.94 bits per heavy atom. The molecule has 0 radical (unpaired) electrons. The molecule has 0 saturated carbocycles. The first-order chi connectivity index (χ1) is 7.29. The van der Waals surface area contributed by atoms with Crippen molar-refractivity contribution in [2.24, 2.45) is 0 Å². The van der Waals surface area contributed by atoms with Gasteiger partial charge in [0.25, 0.3) is 0 Å². The Morgan fingerprint density at radius 3 is 2.56 bits per heavy atom. The second-order valence-corrected chi connectivity index (χ2v) is 3.97. The summed E-state index contributed by atoms with van der Waals surface area (Å²) in [6.45, 7) is 3.23. The summed E-state index contributed by atoms with van der Waals surface area (Å²) in [6.07, 6.45) is 7.37. The SMILES string of the molecule is CCCn1cc[n+](-c2ccc(Cl)cc2)c1.[Br-]. The molecule has 86 valence electrons. The molecule has 4 heteroatoms. The van der Waals surface area contributed by atoms with Gasteiger partial charge >= 0.3 is 0 Å². The van der Waals surface area contributed by atoms with Crippen molar-refractivity contribution in [1.29, 1.82) is 0 Å². The second kappa shape index (κ2) is 6.06. The predicted molar refractivity (Wildman–Crippen MR) is 61.3 cm³/mol. The smallest absolute Gasteiger partial charge is 0.248 e. The van der Waals surface area contributed by atoms with Crippen LogP contribution in [0.25, 0.3) is 5.69 Å². The maximum atomic E-state index is 5.84. The monoisotopic (exact) mass is 300 g/mol. The van der Waals surface area contributed by atoms with Gasteiger partial charge in [-0.25, -0.2) is 9.13 Å². The van der Waals surface area contributed by atoms with Gasteiger partial charge < -0.3 is 17.0 Å². The molecule has 0 saturated heterocycles. The molecular weight excluding hydrogens is 288 g/mol. The van der Waals surface area contributed by atoms with Crippen molar-refractivity contribution in [2.75, 3.05) is 0 Å². The molecule has 2 aromatic rings. The average Bonchev–Trinajstić information content (AvgIpc) is 2.68. The van der Waals surface area contributed by atoms with E-state index < -0.39 is 0 Å². The van der Waals surface area contributed by atoms with Gasteiger partial charge in [0, 0.05) is 5.02 Å². The molecule has 0 atom stereocenters. The number of rotatable bonds is 3. The maximum Gasteiger partial charge on any atom is 0.248 e. The average molecular weight is 302 g/mol. The van der Waals surface area contributed by atoms with E-state index in [0.29, 0.717) is 0 Å². The summed E-state index contributed by atoms with van der Waals surface area (Å²) in [7, 11) is 0. The molecule has 0 spiro atoms. The van der Waals surface area contributed by atoms with E-state index in [-0.39, 0.29) is 17.0 Å². The molecular formula is C12H14BrClN2. The first-order valence-corrected chi connectivity index (χ1v) is 5.50. The van der Waals surface area contributed by atoms with Crippen molar-refractivity contribution in [1.82, 2.24) is 4.57 Å². The molecule has 1 aromatic heterocycles. The minimum atomic E-state index is 0. The quantitative estimate of drug-likeness (QED) is 0.696. The van der Waals surface area contributed by atoms with Gasteiger partial charge in [0.15, 0.2) is 0 Å². The molecule has 0 unspecified atom stereocenters. The highest BCUT2D eigenvalue weighted by atomic mass is 79.9. The van der Waals surface area contributed by atoms with Crippen LogP contribution in [-0.4, -0.2) is 4.57 Å². The number of halogens is 2. The van der Waals surface area contributed by atoms with Gasteiger partial charge in [-0.1, -0.05) is 18.5 Å². The number of hydrogen-bond donors (Lipinski definition) is 0. The van der Waals surface area contributed by atoms with Crippen LogP contribution in [0.3, 0.4) is 0 Å². The summed E-state index contributed by atoms with van der Waals surface area (Å²) >= 11 is 5.84. The largest absolute Gasteiger partial charge is 1.00 e. The predicted octanol–water partition coefficient (Wildman–Crippen LogP) is -0.168. The third kappa shape index (κ3) is 3.09.